The topological polar surface area (TPSA) is 55.4 Å². The highest BCUT2D eigenvalue weighted by molar-refractivity contribution is 6.30. The number of benzene rings is 1. The lowest BCUT2D eigenvalue weighted by Crippen LogP contribution is -2.41. The summed E-state index contributed by atoms with van der Waals surface area (Å²) in [6, 6.07) is 3.58. The van der Waals surface area contributed by atoms with Crippen molar-refractivity contribution in [3.63, 3.8) is 0 Å². The van der Waals surface area contributed by atoms with E-state index in [1.165, 1.54) is 6.92 Å². The van der Waals surface area contributed by atoms with Crippen LogP contribution in [0.15, 0.2) is 12.1 Å². The molecule has 1 atom stereocenters. The second-order valence-electron chi connectivity index (χ2n) is 6.11. The minimum Gasteiger partial charge on any atom is -0.487 e. The normalized spacial score (nSPS) is 19.4. The Kier molecular flexibility index (Phi) is 4.28. The number of rotatable bonds is 3. The van der Waals surface area contributed by atoms with Gasteiger partial charge in [0.1, 0.15) is 11.4 Å². The van der Waals surface area contributed by atoms with Crippen LogP contribution < -0.4 is 10.1 Å². The van der Waals surface area contributed by atoms with E-state index in [4.69, 9.17) is 16.3 Å². The van der Waals surface area contributed by atoms with Gasteiger partial charge in [0.2, 0.25) is 5.91 Å². The minimum absolute atomic E-state index is 0.0928. The molecule has 1 aromatic rings. The number of ketones is 1. The van der Waals surface area contributed by atoms with E-state index in [2.05, 4.69) is 5.32 Å². The van der Waals surface area contributed by atoms with Gasteiger partial charge in [-0.1, -0.05) is 6.07 Å². The third-order valence-electron chi connectivity index (χ3n) is 3.51. The highest BCUT2D eigenvalue weighted by Crippen LogP contribution is 2.42. The fraction of sp³-hybridized carbons (Fsp3) is 0.500. The summed E-state index contributed by atoms with van der Waals surface area (Å²) in [5.41, 5.74) is 1.82. The van der Waals surface area contributed by atoms with Crippen molar-refractivity contribution in [3.8, 4) is 5.75 Å². The first kappa shape index (κ1) is 15.8. The predicted molar refractivity (Wildman–Crippen MR) is 82.1 cm³/mol. The summed E-state index contributed by atoms with van der Waals surface area (Å²) >= 11 is 5.70. The SMILES string of the molecule is CC(=O)NC1CC(C)(C)Oc2c(C(=O)CCl)cc(C)cc21. The van der Waals surface area contributed by atoms with Gasteiger partial charge in [-0.25, -0.2) is 0 Å². The highest BCUT2D eigenvalue weighted by Gasteiger charge is 2.36. The number of alkyl halides is 1. The first-order valence-electron chi connectivity index (χ1n) is 6.93. The number of Topliss-reactive ketones (excluding diaryl/α,β-unsaturated/α-hetero) is 1. The van der Waals surface area contributed by atoms with Gasteiger partial charge in [-0.05, 0) is 32.4 Å². The number of fused-ring (bicyclic) bond motifs is 1. The van der Waals surface area contributed by atoms with E-state index in [1.807, 2.05) is 26.8 Å². The zero-order valence-corrected chi connectivity index (χ0v) is 13.5. The Bertz CT molecular complexity index is 595. The fourth-order valence-electron chi connectivity index (χ4n) is 2.75. The number of carbonyl (C=O) groups excluding carboxylic acids is 2. The lowest BCUT2D eigenvalue weighted by molar-refractivity contribution is -0.120. The van der Waals surface area contributed by atoms with Crippen molar-refractivity contribution in [1.82, 2.24) is 5.32 Å². The van der Waals surface area contributed by atoms with Crippen molar-refractivity contribution >= 4 is 23.3 Å². The molecule has 5 heteroatoms. The van der Waals surface area contributed by atoms with Crippen LogP contribution in [0, 0.1) is 6.92 Å². The van der Waals surface area contributed by atoms with Crippen LogP contribution in [-0.2, 0) is 4.79 Å². The van der Waals surface area contributed by atoms with Crippen LogP contribution in [0.2, 0.25) is 0 Å². The van der Waals surface area contributed by atoms with Gasteiger partial charge >= 0.3 is 0 Å². The Morgan fingerprint density at radius 2 is 2.10 bits per heavy atom. The summed E-state index contributed by atoms with van der Waals surface area (Å²) in [5.74, 6) is 0.178. The maximum Gasteiger partial charge on any atom is 0.217 e. The van der Waals surface area contributed by atoms with Gasteiger partial charge in [0.25, 0.3) is 0 Å². The Labute approximate surface area is 129 Å². The Morgan fingerprint density at radius 3 is 2.67 bits per heavy atom. The molecule has 0 saturated carbocycles. The molecular weight excluding hydrogens is 290 g/mol. The lowest BCUT2D eigenvalue weighted by Gasteiger charge is -2.38. The summed E-state index contributed by atoms with van der Waals surface area (Å²) in [6.07, 6.45) is 0.650. The van der Waals surface area contributed by atoms with Crippen LogP contribution in [0.5, 0.6) is 5.75 Å². The van der Waals surface area contributed by atoms with Crippen molar-refractivity contribution in [2.75, 3.05) is 5.88 Å². The van der Waals surface area contributed by atoms with E-state index in [0.717, 1.165) is 11.1 Å². The highest BCUT2D eigenvalue weighted by atomic mass is 35.5. The molecule has 0 spiro atoms. The van der Waals surface area contributed by atoms with E-state index in [1.54, 1.807) is 6.07 Å². The van der Waals surface area contributed by atoms with Crippen molar-refractivity contribution in [1.29, 1.82) is 0 Å². The average Bonchev–Trinajstić information content (AvgIpc) is 2.36. The van der Waals surface area contributed by atoms with E-state index < -0.39 is 5.60 Å². The molecule has 114 valence electrons. The minimum atomic E-state index is -0.462. The summed E-state index contributed by atoms with van der Waals surface area (Å²) in [4.78, 5) is 23.5. The third-order valence-corrected chi connectivity index (χ3v) is 3.75. The molecule has 0 aliphatic carbocycles. The molecule has 0 aromatic heterocycles. The van der Waals surface area contributed by atoms with Gasteiger partial charge in [0.15, 0.2) is 5.78 Å². The predicted octanol–water partition coefficient (Wildman–Crippen LogP) is 3.15. The molecule has 1 amide bonds. The van der Waals surface area contributed by atoms with Crippen LogP contribution in [0.4, 0.5) is 0 Å². The maximum absolute atomic E-state index is 12.1. The van der Waals surface area contributed by atoms with Crippen LogP contribution in [0.3, 0.4) is 0 Å². The van der Waals surface area contributed by atoms with Gasteiger partial charge in [0, 0.05) is 18.9 Å². The largest absolute Gasteiger partial charge is 0.487 e. The number of hydrogen-bond acceptors (Lipinski definition) is 3. The van der Waals surface area contributed by atoms with E-state index >= 15 is 0 Å². The smallest absolute Gasteiger partial charge is 0.217 e. The number of hydrogen-bond donors (Lipinski definition) is 1. The number of amides is 1. The molecule has 4 nitrogen and oxygen atoms in total. The van der Waals surface area contributed by atoms with Crippen molar-refractivity contribution < 1.29 is 14.3 Å². The van der Waals surface area contributed by atoms with Crippen molar-refractivity contribution in [2.24, 2.45) is 0 Å². The third kappa shape index (κ3) is 3.38. The zero-order chi connectivity index (χ0) is 15.8. The van der Waals surface area contributed by atoms with Gasteiger partial charge in [0.05, 0.1) is 17.5 Å². The number of aryl methyl sites for hydroxylation is 1. The quantitative estimate of drug-likeness (QED) is 0.689. The van der Waals surface area contributed by atoms with Gasteiger partial charge in [-0.15, -0.1) is 11.6 Å². The zero-order valence-electron chi connectivity index (χ0n) is 12.7. The van der Waals surface area contributed by atoms with Gasteiger partial charge in [-0.2, -0.15) is 0 Å². The van der Waals surface area contributed by atoms with Crippen molar-refractivity contribution in [3.05, 3.63) is 28.8 Å². The van der Waals surface area contributed by atoms with Crippen LogP contribution in [0.1, 0.15) is 54.7 Å². The van der Waals surface area contributed by atoms with E-state index in [0.29, 0.717) is 17.7 Å². The number of halogens is 1. The maximum atomic E-state index is 12.1. The van der Waals surface area contributed by atoms with E-state index in [-0.39, 0.29) is 23.6 Å². The molecule has 21 heavy (non-hydrogen) atoms. The summed E-state index contributed by atoms with van der Waals surface area (Å²) in [6.45, 7) is 7.29. The summed E-state index contributed by atoms with van der Waals surface area (Å²) in [5, 5.41) is 2.94. The molecule has 1 aromatic carbocycles. The first-order valence-corrected chi connectivity index (χ1v) is 7.47. The Morgan fingerprint density at radius 1 is 1.43 bits per heavy atom. The monoisotopic (exact) mass is 309 g/mol. The first-order chi connectivity index (χ1) is 9.73. The second-order valence-corrected chi connectivity index (χ2v) is 6.37. The molecule has 0 fully saturated rings. The summed E-state index contributed by atoms with van der Waals surface area (Å²) in [7, 11) is 0. The van der Waals surface area contributed by atoms with Crippen LogP contribution in [0.25, 0.3) is 0 Å². The molecule has 0 radical (unpaired) electrons. The molecule has 1 aliphatic heterocycles. The average molecular weight is 310 g/mol. The molecular formula is C16H20ClNO3. The second kappa shape index (κ2) is 5.68. The molecule has 1 N–H and O–H groups in total. The molecule has 1 heterocycles. The molecule has 0 bridgehead atoms. The lowest BCUT2D eigenvalue weighted by atomic mass is 9.86. The Balaban J connectivity index is 2.59. The fourth-order valence-corrected chi connectivity index (χ4v) is 2.89. The van der Waals surface area contributed by atoms with Crippen molar-refractivity contribution in [2.45, 2.75) is 45.8 Å². The molecule has 1 unspecified atom stereocenters. The number of nitrogens with one attached hydrogen (secondary N) is 1. The van der Waals surface area contributed by atoms with Gasteiger partial charge in [-0.3, -0.25) is 9.59 Å². The van der Waals surface area contributed by atoms with Crippen LogP contribution in [-0.4, -0.2) is 23.2 Å². The van der Waals surface area contributed by atoms with E-state index in [9.17, 15) is 9.59 Å². The molecule has 0 saturated heterocycles. The van der Waals surface area contributed by atoms with Crippen LogP contribution >= 0.6 is 11.6 Å². The standard InChI is InChI=1S/C16H20ClNO3/c1-9-5-11-13(18-10(2)19)7-16(3,4)21-15(11)12(6-9)14(20)8-17/h5-6,13H,7-8H2,1-4H3,(H,18,19). The number of ether oxygens (including phenoxy) is 1. The number of carbonyl (C=O) groups is 2. The Hall–Kier alpha value is -1.55. The molecule has 1 aliphatic rings. The summed E-state index contributed by atoms with van der Waals surface area (Å²) < 4.78 is 6.01. The van der Waals surface area contributed by atoms with Gasteiger partial charge < -0.3 is 10.1 Å². The molecule has 2 rings (SSSR count).